The van der Waals surface area contributed by atoms with E-state index in [1.54, 1.807) is 0 Å². The Hall–Kier alpha value is -1.57. The highest BCUT2D eigenvalue weighted by Crippen LogP contribution is 2.46. The van der Waals surface area contributed by atoms with Crippen LogP contribution in [0.3, 0.4) is 0 Å². The van der Waals surface area contributed by atoms with Crippen molar-refractivity contribution < 1.29 is 4.79 Å². The lowest BCUT2D eigenvalue weighted by Gasteiger charge is -2.31. The van der Waals surface area contributed by atoms with Gasteiger partial charge in [0.25, 0.3) is 0 Å². The summed E-state index contributed by atoms with van der Waals surface area (Å²) in [7, 11) is 0. The molecule has 2 aliphatic rings. The van der Waals surface area contributed by atoms with Crippen LogP contribution < -0.4 is 0 Å². The molecule has 1 aromatic heterocycles. The standard InChI is InChI=1S/C16H17NO/c18-15-14-10-12-6-2-3-7-13(12)17(14)11-16(15)8-4-1-5-9-16/h2-3,6-7,10H,1,4-5,8-9,11H2. The van der Waals surface area contributed by atoms with Gasteiger partial charge in [0.15, 0.2) is 5.78 Å². The maximum absolute atomic E-state index is 12.7. The second-order valence-corrected chi connectivity index (χ2v) is 5.84. The fraction of sp³-hybridized carbons (Fsp3) is 0.438. The quantitative estimate of drug-likeness (QED) is 0.685. The summed E-state index contributed by atoms with van der Waals surface area (Å²) < 4.78 is 2.25. The predicted octanol–water partition coefficient (Wildman–Crippen LogP) is 3.79. The smallest absolute Gasteiger partial charge is 0.187 e. The Labute approximate surface area is 107 Å². The lowest BCUT2D eigenvalue weighted by atomic mass is 9.72. The van der Waals surface area contributed by atoms with Gasteiger partial charge in [0.05, 0.1) is 11.1 Å². The molecule has 92 valence electrons. The largest absolute Gasteiger partial charge is 0.337 e. The highest BCUT2D eigenvalue weighted by molar-refractivity contribution is 6.05. The van der Waals surface area contributed by atoms with Gasteiger partial charge in [-0.2, -0.15) is 0 Å². The highest BCUT2D eigenvalue weighted by Gasteiger charge is 2.46. The van der Waals surface area contributed by atoms with Crippen molar-refractivity contribution in [2.45, 2.75) is 38.6 Å². The van der Waals surface area contributed by atoms with Crippen LogP contribution in [0.5, 0.6) is 0 Å². The van der Waals surface area contributed by atoms with E-state index in [1.165, 1.54) is 30.2 Å². The van der Waals surface area contributed by atoms with Gasteiger partial charge in [-0.25, -0.2) is 0 Å². The van der Waals surface area contributed by atoms with Crippen LogP contribution >= 0.6 is 0 Å². The molecule has 2 heterocycles. The van der Waals surface area contributed by atoms with Crippen LogP contribution in [0.25, 0.3) is 10.9 Å². The molecule has 0 atom stereocenters. The summed E-state index contributed by atoms with van der Waals surface area (Å²) in [6.45, 7) is 0.911. The summed E-state index contributed by atoms with van der Waals surface area (Å²) in [6.07, 6.45) is 5.90. The molecule has 2 heteroatoms. The van der Waals surface area contributed by atoms with E-state index in [1.807, 2.05) is 6.07 Å². The average molecular weight is 239 g/mol. The Bertz CT molecular complexity index is 632. The third-order valence-electron chi connectivity index (χ3n) is 4.80. The molecular formula is C16H17NO. The number of hydrogen-bond acceptors (Lipinski definition) is 1. The first-order valence-corrected chi connectivity index (χ1v) is 6.93. The first-order valence-electron chi connectivity index (χ1n) is 6.93. The minimum absolute atomic E-state index is 0.0579. The number of benzene rings is 1. The van der Waals surface area contributed by atoms with Gasteiger partial charge in [-0.3, -0.25) is 4.79 Å². The molecule has 0 unspecified atom stereocenters. The third-order valence-corrected chi connectivity index (χ3v) is 4.80. The Morgan fingerprint density at radius 1 is 1.06 bits per heavy atom. The number of nitrogens with zero attached hydrogens (tertiary/aromatic N) is 1. The highest BCUT2D eigenvalue weighted by atomic mass is 16.1. The fourth-order valence-corrected chi connectivity index (χ4v) is 3.83. The molecule has 1 aliphatic carbocycles. The number of aromatic nitrogens is 1. The first-order chi connectivity index (χ1) is 8.80. The molecule has 1 spiro atoms. The van der Waals surface area contributed by atoms with Crippen LogP contribution in [0.4, 0.5) is 0 Å². The van der Waals surface area contributed by atoms with Gasteiger partial charge in [0, 0.05) is 17.4 Å². The van der Waals surface area contributed by atoms with Crippen molar-refractivity contribution in [1.29, 1.82) is 0 Å². The van der Waals surface area contributed by atoms with Gasteiger partial charge in [-0.1, -0.05) is 37.5 Å². The second-order valence-electron chi connectivity index (χ2n) is 5.84. The van der Waals surface area contributed by atoms with E-state index in [9.17, 15) is 4.79 Å². The molecule has 0 N–H and O–H groups in total. The number of Topliss-reactive ketones (excluding diaryl/α,β-unsaturated/α-hetero) is 1. The fourth-order valence-electron chi connectivity index (χ4n) is 3.83. The van der Waals surface area contributed by atoms with Gasteiger partial charge >= 0.3 is 0 Å². The van der Waals surface area contributed by atoms with Crippen molar-refractivity contribution in [2.75, 3.05) is 0 Å². The van der Waals surface area contributed by atoms with E-state index in [0.717, 1.165) is 25.1 Å². The summed E-state index contributed by atoms with van der Waals surface area (Å²) in [6, 6.07) is 10.4. The van der Waals surface area contributed by atoms with Crippen LogP contribution in [-0.4, -0.2) is 10.4 Å². The predicted molar refractivity (Wildman–Crippen MR) is 71.8 cm³/mol. The molecule has 1 aromatic carbocycles. The average Bonchev–Trinajstić information content (AvgIpc) is 2.88. The SMILES string of the molecule is O=C1c2cc3ccccc3n2CC12CCCCC2. The van der Waals surface area contributed by atoms with E-state index in [0.29, 0.717) is 5.78 Å². The van der Waals surface area contributed by atoms with E-state index < -0.39 is 0 Å². The maximum Gasteiger partial charge on any atom is 0.187 e. The molecule has 2 aromatic rings. The Kier molecular flexibility index (Phi) is 2.00. The molecule has 0 radical (unpaired) electrons. The molecule has 0 saturated heterocycles. The zero-order valence-corrected chi connectivity index (χ0v) is 10.5. The molecule has 4 rings (SSSR count). The molecular weight excluding hydrogens is 222 g/mol. The van der Waals surface area contributed by atoms with Crippen LogP contribution in [0.2, 0.25) is 0 Å². The summed E-state index contributed by atoms with van der Waals surface area (Å²) in [5, 5.41) is 1.20. The van der Waals surface area contributed by atoms with Crippen LogP contribution in [0.15, 0.2) is 30.3 Å². The number of fused-ring (bicyclic) bond motifs is 3. The van der Waals surface area contributed by atoms with Crippen molar-refractivity contribution in [2.24, 2.45) is 5.41 Å². The van der Waals surface area contributed by atoms with Gasteiger partial charge in [-0.05, 0) is 25.0 Å². The molecule has 18 heavy (non-hydrogen) atoms. The Morgan fingerprint density at radius 3 is 2.67 bits per heavy atom. The molecule has 1 saturated carbocycles. The topological polar surface area (TPSA) is 22.0 Å². The molecule has 2 nitrogen and oxygen atoms in total. The van der Waals surface area contributed by atoms with Gasteiger partial charge in [0.1, 0.15) is 0 Å². The molecule has 1 aliphatic heterocycles. The lowest BCUT2D eigenvalue weighted by Crippen LogP contribution is -2.31. The summed E-state index contributed by atoms with van der Waals surface area (Å²) in [5.41, 5.74) is 2.11. The number of carbonyl (C=O) groups is 1. The number of ketones is 1. The van der Waals surface area contributed by atoms with Gasteiger partial charge in [0.2, 0.25) is 0 Å². The summed E-state index contributed by atoms with van der Waals surface area (Å²) >= 11 is 0. The van der Waals surface area contributed by atoms with Crippen molar-refractivity contribution >= 4 is 16.7 Å². The number of hydrogen-bond donors (Lipinski definition) is 0. The zero-order valence-electron chi connectivity index (χ0n) is 10.5. The van der Waals surface area contributed by atoms with Crippen LogP contribution in [0, 0.1) is 5.41 Å². The summed E-state index contributed by atoms with van der Waals surface area (Å²) in [4.78, 5) is 12.7. The zero-order chi connectivity index (χ0) is 12.2. The normalized spacial score (nSPS) is 21.7. The van der Waals surface area contributed by atoms with Gasteiger partial charge in [-0.15, -0.1) is 0 Å². The lowest BCUT2D eigenvalue weighted by molar-refractivity contribution is 0.0738. The van der Waals surface area contributed by atoms with Crippen LogP contribution in [0.1, 0.15) is 42.6 Å². The van der Waals surface area contributed by atoms with Crippen molar-refractivity contribution in [3.8, 4) is 0 Å². The molecule has 0 amide bonds. The first kappa shape index (κ1) is 10.4. The molecule has 1 fully saturated rings. The minimum Gasteiger partial charge on any atom is -0.337 e. The number of para-hydroxylation sites is 1. The van der Waals surface area contributed by atoms with Gasteiger partial charge < -0.3 is 4.57 Å². The van der Waals surface area contributed by atoms with Crippen LogP contribution in [-0.2, 0) is 6.54 Å². The van der Waals surface area contributed by atoms with E-state index >= 15 is 0 Å². The second kappa shape index (κ2) is 3.47. The van der Waals surface area contributed by atoms with Crippen molar-refractivity contribution in [1.82, 2.24) is 4.57 Å². The van der Waals surface area contributed by atoms with Crippen molar-refractivity contribution in [3.05, 3.63) is 36.0 Å². The summed E-state index contributed by atoms with van der Waals surface area (Å²) in [5.74, 6) is 0.401. The monoisotopic (exact) mass is 239 g/mol. The Morgan fingerprint density at radius 2 is 1.83 bits per heavy atom. The maximum atomic E-state index is 12.7. The van der Waals surface area contributed by atoms with E-state index in [4.69, 9.17) is 0 Å². The van der Waals surface area contributed by atoms with E-state index in [2.05, 4.69) is 28.8 Å². The Balaban J connectivity index is 1.87. The minimum atomic E-state index is -0.0579. The van der Waals surface area contributed by atoms with Crippen molar-refractivity contribution in [3.63, 3.8) is 0 Å². The number of rotatable bonds is 0. The third kappa shape index (κ3) is 1.21. The molecule has 0 bridgehead atoms. The van der Waals surface area contributed by atoms with E-state index in [-0.39, 0.29) is 5.41 Å². The number of carbonyl (C=O) groups excluding carboxylic acids is 1.